The lowest BCUT2D eigenvalue weighted by molar-refractivity contribution is -0.414. The number of benzene rings is 2. The Labute approximate surface area is 151 Å². The number of alkyl halides is 1. The Morgan fingerprint density at radius 3 is 2.14 bits per heavy atom. The largest absolute Gasteiger partial charge is 0.406 e. The number of rotatable bonds is 2. The lowest BCUT2D eigenvalue weighted by Crippen LogP contribution is -2.20. The third kappa shape index (κ3) is 3.01. The molecule has 4 heteroatoms. The summed E-state index contributed by atoms with van der Waals surface area (Å²) in [7, 11) is 2.05. The number of halogens is 2. The number of nitrogens with zero attached hydrogens (tertiary/aromatic N) is 1. The second-order valence-corrected chi connectivity index (χ2v) is 7.15. The van der Waals surface area contributed by atoms with Crippen LogP contribution in [0.2, 0.25) is 0 Å². The molecule has 0 radical (unpaired) electrons. The summed E-state index contributed by atoms with van der Waals surface area (Å²) in [6, 6.07) is 20.6. The molecule has 1 aliphatic heterocycles. The maximum atomic E-state index is 6.20. The fourth-order valence-electron chi connectivity index (χ4n) is 2.23. The third-order valence-electron chi connectivity index (χ3n) is 3.37. The Balaban J connectivity index is 2.00. The molecule has 21 heavy (non-hydrogen) atoms. The summed E-state index contributed by atoms with van der Waals surface area (Å²) < 4.78 is 9.79. The van der Waals surface area contributed by atoms with Crippen molar-refractivity contribution in [2.24, 2.45) is 0 Å². The standard InChI is InChI=1S/C17H14I2NO/c1-20(13-10-6-3-7-11-13)17-15(19)14(18)16(21-17)12-8-4-2-5-9-12/h2-11,15H,1H3/q+1. The first-order valence-electron chi connectivity index (χ1n) is 6.61. The minimum atomic E-state index is 0.239. The molecule has 0 saturated carbocycles. The van der Waals surface area contributed by atoms with Gasteiger partial charge in [-0.05, 0) is 22.6 Å². The minimum absolute atomic E-state index is 0.239. The molecule has 0 saturated heterocycles. The molecule has 0 aliphatic carbocycles. The smallest absolute Gasteiger partial charge is 0.366 e. The van der Waals surface area contributed by atoms with Crippen molar-refractivity contribution in [3.05, 3.63) is 69.8 Å². The van der Waals surface area contributed by atoms with Gasteiger partial charge in [-0.2, -0.15) is 4.58 Å². The molecule has 2 aromatic carbocycles. The van der Waals surface area contributed by atoms with E-state index >= 15 is 0 Å². The molecule has 1 unspecified atom stereocenters. The Hall–Kier alpha value is -0.890. The lowest BCUT2D eigenvalue weighted by atomic mass is 10.2. The van der Waals surface area contributed by atoms with Crippen LogP contribution in [-0.2, 0) is 4.74 Å². The summed E-state index contributed by atoms with van der Waals surface area (Å²) in [4.78, 5) is 0. The summed E-state index contributed by atoms with van der Waals surface area (Å²) in [5.41, 5.74) is 2.26. The molecule has 1 aliphatic rings. The van der Waals surface area contributed by atoms with Crippen LogP contribution < -0.4 is 0 Å². The molecule has 0 aromatic heterocycles. The number of hydrogen-bond donors (Lipinski definition) is 0. The van der Waals surface area contributed by atoms with E-state index in [4.69, 9.17) is 4.74 Å². The van der Waals surface area contributed by atoms with Crippen LogP contribution in [0, 0.1) is 0 Å². The van der Waals surface area contributed by atoms with E-state index < -0.39 is 0 Å². The van der Waals surface area contributed by atoms with Gasteiger partial charge in [0.15, 0.2) is 9.68 Å². The van der Waals surface area contributed by atoms with Crippen molar-refractivity contribution in [2.45, 2.75) is 3.92 Å². The molecule has 2 nitrogen and oxygen atoms in total. The van der Waals surface area contributed by atoms with Crippen molar-refractivity contribution in [1.29, 1.82) is 0 Å². The van der Waals surface area contributed by atoms with Gasteiger partial charge in [0, 0.05) is 17.7 Å². The van der Waals surface area contributed by atoms with Crippen LogP contribution in [0.15, 0.2) is 64.2 Å². The Kier molecular flexibility index (Phi) is 4.63. The van der Waals surface area contributed by atoms with Crippen LogP contribution in [0.3, 0.4) is 0 Å². The highest BCUT2D eigenvalue weighted by molar-refractivity contribution is 14.1. The van der Waals surface area contributed by atoms with Crippen molar-refractivity contribution in [1.82, 2.24) is 0 Å². The van der Waals surface area contributed by atoms with Gasteiger partial charge in [0.2, 0.25) is 5.69 Å². The Bertz CT molecular complexity index is 708. The molecular formula is C17H14I2NO+. The Morgan fingerprint density at radius 1 is 0.952 bits per heavy atom. The predicted molar refractivity (Wildman–Crippen MR) is 104 cm³/mol. The van der Waals surface area contributed by atoms with E-state index in [0.717, 1.165) is 22.9 Å². The van der Waals surface area contributed by atoms with Crippen molar-refractivity contribution < 1.29 is 9.31 Å². The molecule has 1 atom stereocenters. The molecule has 0 N–H and O–H groups in total. The molecule has 2 aromatic rings. The van der Waals surface area contributed by atoms with E-state index in [1.807, 2.05) is 43.4 Å². The third-order valence-corrected chi connectivity index (χ3v) is 6.83. The highest BCUT2D eigenvalue weighted by atomic mass is 127. The second-order valence-electron chi connectivity index (χ2n) is 4.74. The normalized spacial score (nSPS) is 20.4. The molecule has 0 bridgehead atoms. The monoisotopic (exact) mass is 502 g/mol. The summed E-state index contributed by atoms with van der Waals surface area (Å²) in [6.45, 7) is 0. The first-order valence-corrected chi connectivity index (χ1v) is 8.93. The van der Waals surface area contributed by atoms with Crippen molar-refractivity contribution in [2.75, 3.05) is 7.05 Å². The van der Waals surface area contributed by atoms with E-state index in [2.05, 4.69) is 74.0 Å². The SMILES string of the molecule is C[N+](=C1OC(c2ccccc2)=C(I)C1I)c1ccccc1. The highest BCUT2D eigenvalue weighted by Gasteiger charge is 2.37. The number of ether oxygens (including phenoxy) is 1. The van der Waals surface area contributed by atoms with Crippen molar-refractivity contribution >= 4 is 62.5 Å². The average molecular weight is 502 g/mol. The quantitative estimate of drug-likeness (QED) is 0.320. The van der Waals surface area contributed by atoms with Crippen LogP contribution in [0.25, 0.3) is 5.76 Å². The van der Waals surface area contributed by atoms with Gasteiger partial charge in [-0.1, -0.05) is 71.1 Å². The van der Waals surface area contributed by atoms with Crippen LogP contribution in [0.4, 0.5) is 5.69 Å². The topological polar surface area (TPSA) is 12.2 Å². The molecule has 0 amide bonds. The average Bonchev–Trinajstić information content (AvgIpc) is 2.84. The minimum Gasteiger partial charge on any atom is -0.406 e. The summed E-state index contributed by atoms with van der Waals surface area (Å²) in [6.07, 6.45) is 0. The van der Waals surface area contributed by atoms with Crippen LogP contribution >= 0.6 is 45.2 Å². The molecule has 0 fully saturated rings. The predicted octanol–water partition coefficient (Wildman–Crippen LogP) is 5.00. The maximum absolute atomic E-state index is 6.20. The molecule has 1 heterocycles. The van der Waals surface area contributed by atoms with Crippen LogP contribution in [0.1, 0.15) is 5.56 Å². The fraction of sp³-hybridized carbons (Fsp3) is 0.118. The maximum Gasteiger partial charge on any atom is 0.366 e. The molecule has 3 rings (SSSR count). The number of para-hydroxylation sites is 1. The Morgan fingerprint density at radius 2 is 1.52 bits per heavy atom. The number of hydrogen-bond acceptors (Lipinski definition) is 1. The van der Waals surface area contributed by atoms with Gasteiger partial charge in [-0.25, -0.2) is 0 Å². The zero-order chi connectivity index (χ0) is 14.8. The van der Waals surface area contributed by atoms with E-state index in [9.17, 15) is 0 Å². The van der Waals surface area contributed by atoms with Gasteiger partial charge in [0.1, 0.15) is 7.05 Å². The van der Waals surface area contributed by atoms with Crippen LogP contribution in [-0.4, -0.2) is 21.4 Å². The fourth-order valence-corrected chi connectivity index (χ4v) is 3.75. The van der Waals surface area contributed by atoms with Crippen molar-refractivity contribution in [3.63, 3.8) is 0 Å². The van der Waals surface area contributed by atoms with Gasteiger partial charge >= 0.3 is 5.90 Å². The molecule has 0 spiro atoms. The summed E-state index contributed by atoms with van der Waals surface area (Å²) in [5.74, 6) is 1.93. The zero-order valence-electron chi connectivity index (χ0n) is 11.5. The summed E-state index contributed by atoms with van der Waals surface area (Å²) >= 11 is 4.83. The van der Waals surface area contributed by atoms with Gasteiger partial charge in [0.05, 0.1) is 3.58 Å². The van der Waals surface area contributed by atoms with Crippen LogP contribution in [0.5, 0.6) is 0 Å². The zero-order valence-corrected chi connectivity index (χ0v) is 15.8. The van der Waals surface area contributed by atoms with E-state index in [0.29, 0.717) is 0 Å². The second kappa shape index (κ2) is 6.48. The van der Waals surface area contributed by atoms with Gasteiger partial charge in [0.25, 0.3) is 0 Å². The van der Waals surface area contributed by atoms with E-state index in [-0.39, 0.29) is 3.92 Å². The first-order chi connectivity index (χ1) is 10.2. The van der Waals surface area contributed by atoms with E-state index in [1.165, 1.54) is 3.58 Å². The summed E-state index contributed by atoms with van der Waals surface area (Å²) in [5, 5.41) is 0. The molecular weight excluding hydrogens is 488 g/mol. The first kappa shape index (κ1) is 15.0. The molecule has 106 valence electrons. The van der Waals surface area contributed by atoms with E-state index in [1.54, 1.807) is 0 Å². The van der Waals surface area contributed by atoms with Gasteiger partial charge in [-0.15, -0.1) is 0 Å². The van der Waals surface area contributed by atoms with Gasteiger partial charge < -0.3 is 4.74 Å². The van der Waals surface area contributed by atoms with Crippen molar-refractivity contribution in [3.8, 4) is 0 Å². The lowest BCUT2D eigenvalue weighted by Gasteiger charge is -2.04. The van der Waals surface area contributed by atoms with Gasteiger partial charge in [-0.3, -0.25) is 0 Å². The highest BCUT2D eigenvalue weighted by Crippen LogP contribution is 2.38.